The van der Waals surface area contributed by atoms with Crippen molar-refractivity contribution in [3.63, 3.8) is 0 Å². The first-order valence-corrected chi connectivity index (χ1v) is 13.0. The summed E-state index contributed by atoms with van der Waals surface area (Å²) in [7, 11) is 0. The average Bonchev–Trinajstić information content (AvgIpc) is 2.91. The first kappa shape index (κ1) is 29.1. The monoisotopic (exact) mass is 528 g/mol. The van der Waals surface area contributed by atoms with Gasteiger partial charge in [0.2, 0.25) is 5.67 Å². The number of benzene rings is 2. The van der Waals surface area contributed by atoms with Crippen molar-refractivity contribution in [2.45, 2.75) is 83.9 Å². The SMILES string of the molecule is CCCCC(Oc1ccccc1-c1ncc(-c2ccc(OC(=O)C(C)(F)CCC)cc2)cn1)C(F)C(C)F. The van der Waals surface area contributed by atoms with Gasteiger partial charge in [-0.1, -0.05) is 51.0 Å². The van der Waals surface area contributed by atoms with E-state index in [0.29, 0.717) is 35.5 Å². The highest BCUT2D eigenvalue weighted by atomic mass is 19.2. The quantitative estimate of drug-likeness (QED) is 0.167. The molecule has 0 saturated carbocycles. The first-order valence-electron chi connectivity index (χ1n) is 13.0. The van der Waals surface area contributed by atoms with Crippen LogP contribution in [0.25, 0.3) is 22.5 Å². The Kier molecular flexibility index (Phi) is 10.3. The Labute approximate surface area is 222 Å². The van der Waals surface area contributed by atoms with Crippen molar-refractivity contribution in [3.05, 3.63) is 60.9 Å². The minimum absolute atomic E-state index is 0.0878. The second kappa shape index (κ2) is 13.4. The molecule has 0 fully saturated rings. The molecule has 0 spiro atoms. The number of unbranched alkanes of at least 4 members (excludes halogenated alkanes) is 1. The zero-order chi connectivity index (χ0) is 27.7. The summed E-state index contributed by atoms with van der Waals surface area (Å²) in [5, 5.41) is 0. The number of ether oxygens (including phenoxy) is 2. The Hall–Kier alpha value is -3.42. The van der Waals surface area contributed by atoms with Crippen LogP contribution in [-0.4, -0.2) is 40.1 Å². The smallest absolute Gasteiger partial charge is 0.348 e. The van der Waals surface area contributed by atoms with Gasteiger partial charge in [-0.05, 0) is 62.9 Å². The molecule has 1 aromatic heterocycles. The molecule has 0 radical (unpaired) electrons. The fourth-order valence-corrected chi connectivity index (χ4v) is 4.02. The molecule has 0 N–H and O–H groups in total. The third-order valence-corrected chi connectivity index (χ3v) is 6.24. The summed E-state index contributed by atoms with van der Waals surface area (Å²) in [6.45, 7) is 6.20. The predicted octanol–water partition coefficient (Wildman–Crippen LogP) is 7.88. The van der Waals surface area contributed by atoms with E-state index in [4.69, 9.17) is 9.47 Å². The van der Waals surface area contributed by atoms with E-state index in [1.807, 2.05) is 6.92 Å². The van der Waals surface area contributed by atoms with Crippen LogP contribution in [0.5, 0.6) is 11.5 Å². The zero-order valence-corrected chi connectivity index (χ0v) is 22.3. The van der Waals surface area contributed by atoms with Gasteiger partial charge in [-0.25, -0.2) is 27.9 Å². The van der Waals surface area contributed by atoms with Gasteiger partial charge in [0.15, 0.2) is 12.0 Å². The van der Waals surface area contributed by atoms with Crippen molar-refractivity contribution in [3.8, 4) is 34.0 Å². The molecule has 0 saturated heterocycles. The molecular formula is C30H35F3N2O3. The van der Waals surface area contributed by atoms with Gasteiger partial charge in [0.1, 0.15) is 23.8 Å². The van der Waals surface area contributed by atoms with Gasteiger partial charge in [0, 0.05) is 18.0 Å². The topological polar surface area (TPSA) is 61.3 Å². The molecule has 4 atom stereocenters. The lowest BCUT2D eigenvalue weighted by molar-refractivity contribution is -0.147. The standard InChI is InChI=1S/C30H35F3N2O3/c1-5-7-11-26(27(32)20(3)31)38-25-12-9-8-10-24(25)28-34-18-22(19-35-28)21-13-15-23(16-14-21)37-29(36)30(4,33)17-6-2/h8-10,12-16,18-20,26-27H,5-7,11,17H2,1-4H3. The summed E-state index contributed by atoms with van der Waals surface area (Å²) in [6, 6.07) is 13.7. The predicted molar refractivity (Wildman–Crippen MR) is 142 cm³/mol. The summed E-state index contributed by atoms with van der Waals surface area (Å²) in [6.07, 6.45) is 1.54. The van der Waals surface area contributed by atoms with Crippen molar-refractivity contribution < 1.29 is 27.4 Å². The van der Waals surface area contributed by atoms with Crippen LogP contribution in [0.1, 0.15) is 59.8 Å². The van der Waals surface area contributed by atoms with Gasteiger partial charge < -0.3 is 9.47 Å². The van der Waals surface area contributed by atoms with Gasteiger partial charge in [-0.15, -0.1) is 0 Å². The molecule has 8 heteroatoms. The second-order valence-corrected chi connectivity index (χ2v) is 9.57. The molecule has 38 heavy (non-hydrogen) atoms. The number of carbonyl (C=O) groups excluding carboxylic acids is 1. The summed E-state index contributed by atoms with van der Waals surface area (Å²) in [5.41, 5.74) is 0.0157. The third kappa shape index (κ3) is 7.55. The van der Waals surface area contributed by atoms with Crippen LogP contribution in [-0.2, 0) is 4.79 Å². The maximum atomic E-state index is 14.6. The van der Waals surface area contributed by atoms with Crippen molar-refractivity contribution in [1.82, 2.24) is 9.97 Å². The maximum absolute atomic E-state index is 14.6. The number of aromatic nitrogens is 2. The molecular weight excluding hydrogens is 493 g/mol. The van der Waals surface area contributed by atoms with Gasteiger partial charge in [-0.2, -0.15) is 0 Å². The van der Waals surface area contributed by atoms with E-state index >= 15 is 0 Å². The van der Waals surface area contributed by atoms with Crippen LogP contribution >= 0.6 is 0 Å². The van der Waals surface area contributed by atoms with Gasteiger partial charge in [0.25, 0.3) is 0 Å². The van der Waals surface area contributed by atoms with Crippen LogP contribution < -0.4 is 9.47 Å². The molecule has 3 aromatic rings. The molecule has 1 heterocycles. The van der Waals surface area contributed by atoms with Crippen molar-refractivity contribution >= 4 is 5.97 Å². The minimum Gasteiger partial charge on any atom is -0.487 e. The number of halogens is 3. The highest BCUT2D eigenvalue weighted by molar-refractivity contribution is 5.81. The number of hydrogen-bond acceptors (Lipinski definition) is 5. The Balaban J connectivity index is 1.76. The summed E-state index contributed by atoms with van der Waals surface area (Å²) in [5.74, 6) is 0.0937. The maximum Gasteiger partial charge on any atom is 0.348 e. The number of hydrogen-bond donors (Lipinski definition) is 0. The Morgan fingerprint density at radius 3 is 2.24 bits per heavy atom. The molecule has 0 aliphatic carbocycles. The molecule has 3 rings (SSSR count). The minimum atomic E-state index is -2.04. The lowest BCUT2D eigenvalue weighted by Gasteiger charge is -2.24. The van der Waals surface area contributed by atoms with Crippen molar-refractivity contribution in [1.29, 1.82) is 0 Å². The van der Waals surface area contributed by atoms with Crippen molar-refractivity contribution in [2.75, 3.05) is 0 Å². The second-order valence-electron chi connectivity index (χ2n) is 9.57. The number of nitrogens with zero attached hydrogens (tertiary/aromatic N) is 2. The number of rotatable bonds is 13. The number of para-hydroxylation sites is 1. The van der Waals surface area contributed by atoms with E-state index in [0.717, 1.165) is 18.4 Å². The first-order chi connectivity index (χ1) is 18.2. The van der Waals surface area contributed by atoms with E-state index < -0.39 is 30.1 Å². The number of carbonyl (C=O) groups is 1. The molecule has 0 bridgehead atoms. The Bertz CT molecular complexity index is 1170. The van der Waals surface area contributed by atoms with E-state index in [9.17, 15) is 18.0 Å². The van der Waals surface area contributed by atoms with E-state index in [2.05, 4.69) is 9.97 Å². The molecule has 5 nitrogen and oxygen atoms in total. The van der Waals surface area contributed by atoms with Crippen LogP contribution in [0.4, 0.5) is 13.2 Å². The van der Waals surface area contributed by atoms with Gasteiger partial charge in [-0.3, -0.25) is 0 Å². The van der Waals surface area contributed by atoms with Crippen LogP contribution in [0, 0.1) is 0 Å². The zero-order valence-electron chi connectivity index (χ0n) is 22.3. The lowest BCUT2D eigenvalue weighted by Crippen LogP contribution is -2.34. The fraction of sp³-hybridized carbons (Fsp3) is 0.433. The highest BCUT2D eigenvalue weighted by Crippen LogP contribution is 2.31. The Morgan fingerprint density at radius 1 is 0.974 bits per heavy atom. The number of alkyl halides is 3. The van der Waals surface area contributed by atoms with Crippen LogP contribution in [0.15, 0.2) is 60.9 Å². The molecule has 0 amide bonds. The fourth-order valence-electron chi connectivity index (χ4n) is 4.02. The van der Waals surface area contributed by atoms with E-state index in [1.165, 1.54) is 13.8 Å². The van der Waals surface area contributed by atoms with Crippen LogP contribution in [0.2, 0.25) is 0 Å². The van der Waals surface area contributed by atoms with Gasteiger partial charge in [0.05, 0.1) is 5.56 Å². The summed E-state index contributed by atoms with van der Waals surface area (Å²) >= 11 is 0. The van der Waals surface area contributed by atoms with Gasteiger partial charge >= 0.3 is 5.97 Å². The van der Waals surface area contributed by atoms with E-state index in [-0.39, 0.29) is 12.2 Å². The average molecular weight is 529 g/mol. The molecule has 0 aliphatic heterocycles. The molecule has 204 valence electrons. The summed E-state index contributed by atoms with van der Waals surface area (Å²) in [4.78, 5) is 21.0. The van der Waals surface area contributed by atoms with Crippen molar-refractivity contribution in [2.24, 2.45) is 0 Å². The highest BCUT2D eigenvalue weighted by Gasteiger charge is 2.34. The largest absolute Gasteiger partial charge is 0.487 e. The summed E-state index contributed by atoms with van der Waals surface area (Å²) < 4.78 is 53.9. The van der Waals surface area contributed by atoms with E-state index in [1.54, 1.807) is 67.8 Å². The Morgan fingerprint density at radius 2 is 1.63 bits per heavy atom. The molecule has 0 aliphatic rings. The third-order valence-electron chi connectivity index (χ3n) is 6.24. The number of esters is 1. The molecule has 2 aromatic carbocycles. The lowest BCUT2D eigenvalue weighted by atomic mass is 10.0. The molecule has 4 unspecified atom stereocenters. The van der Waals surface area contributed by atoms with Crippen LogP contribution in [0.3, 0.4) is 0 Å². The normalized spacial score (nSPS) is 15.2.